The van der Waals surface area contributed by atoms with Gasteiger partial charge in [-0.15, -0.1) is 0 Å². The van der Waals surface area contributed by atoms with Gasteiger partial charge >= 0.3 is 0 Å². The van der Waals surface area contributed by atoms with Crippen molar-refractivity contribution in [3.05, 3.63) is 59.9 Å². The number of methoxy groups -OCH3 is 1. The van der Waals surface area contributed by atoms with Crippen molar-refractivity contribution in [3.63, 3.8) is 0 Å². The molecule has 130 valence electrons. The molecule has 1 aliphatic rings. The summed E-state index contributed by atoms with van der Waals surface area (Å²) < 4.78 is 18.1. The number of carbonyl (C=O) groups is 2. The fourth-order valence-corrected chi connectivity index (χ4v) is 2.88. The van der Waals surface area contributed by atoms with Crippen molar-refractivity contribution in [2.24, 2.45) is 0 Å². The molecule has 2 amide bonds. The number of hydrogen-bond donors (Lipinski definition) is 1. The van der Waals surface area contributed by atoms with Crippen LogP contribution in [0.1, 0.15) is 12.0 Å². The lowest BCUT2D eigenvalue weighted by molar-refractivity contribution is -0.121. The Bertz CT molecular complexity index is 759. The zero-order valence-electron chi connectivity index (χ0n) is 13.9. The van der Waals surface area contributed by atoms with E-state index in [-0.39, 0.29) is 36.5 Å². The Morgan fingerprint density at radius 1 is 1.20 bits per heavy atom. The fourth-order valence-electron chi connectivity index (χ4n) is 2.88. The summed E-state index contributed by atoms with van der Waals surface area (Å²) >= 11 is 0. The maximum absolute atomic E-state index is 13.0. The number of benzene rings is 2. The SMILES string of the molecule is COc1ccc(CC(=O)N[C@@H]2CC(=O)N(c3ccc(F)cc3)C2)cc1. The van der Waals surface area contributed by atoms with Gasteiger partial charge in [-0.3, -0.25) is 9.59 Å². The van der Waals surface area contributed by atoms with Crippen LogP contribution in [0.5, 0.6) is 5.75 Å². The molecule has 0 saturated carbocycles. The van der Waals surface area contributed by atoms with Gasteiger partial charge in [0.05, 0.1) is 19.6 Å². The van der Waals surface area contributed by atoms with Crippen molar-refractivity contribution in [1.82, 2.24) is 5.32 Å². The highest BCUT2D eigenvalue weighted by molar-refractivity contribution is 5.96. The number of nitrogens with zero attached hydrogens (tertiary/aromatic N) is 1. The van der Waals surface area contributed by atoms with Crippen LogP contribution in [-0.2, 0) is 16.0 Å². The molecular weight excluding hydrogens is 323 g/mol. The number of halogens is 1. The number of ether oxygens (including phenoxy) is 1. The Labute approximate surface area is 145 Å². The molecule has 2 aromatic carbocycles. The summed E-state index contributed by atoms with van der Waals surface area (Å²) in [7, 11) is 1.59. The summed E-state index contributed by atoms with van der Waals surface area (Å²) in [5.41, 5.74) is 1.51. The van der Waals surface area contributed by atoms with Crippen molar-refractivity contribution in [3.8, 4) is 5.75 Å². The van der Waals surface area contributed by atoms with Gasteiger partial charge < -0.3 is 15.0 Å². The average Bonchev–Trinajstić information content (AvgIpc) is 2.96. The van der Waals surface area contributed by atoms with Crippen molar-refractivity contribution < 1.29 is 18.7 Å². The van der Waals surface area contributed by atoms with Crippen molar-refractivity contribution in [2.45, 2.75) is 18.9 Å². The third-order valence-electron chi connectivity index (χ3n) is 4.15. The van der Waals surface area contributed by atoms with E-state index in [9.17, 15) is 14.0 Å². The second-order valence-corrected chi connectivity index (χ2v) is 5.97. The molecule has 1 atom stereocenters. The highest BCUT2D eigenvalue weighted by atomic mass is 19.1. The van der Waals surface area contributed by atoms with E-state index >= 15 is 0 Å². The predicted octanol–water partition coefficient (Wildman–Crippen LogP) is 2.30. The quantitative estimate of drug-likeness (QED) is 0.907. The lowest BCUT2D eigenvalue weighted by Gasteiger charge is -2.17. The number of rotatable bonds is 5. The topological polar surface area (TPSA) is 58.6 Å². The van der Waals surface area contributed by atoms with Crippen molar-refractivity contribution in [1.29, 1.82) is 0 Å². The lowest BCUT2D eigenvalue weighted by Crippen LogP contribution is -2.38. The molecule has 1 fully saturated rings. The molecule has 25 heavy (non-hydrogen) atoms. The fraction of sp³-hybridized carbons (Fsp3) is 0.263. The number of carbonyl (C=O) groups excluding carboxylic acids is 2. The second-order valence-electron chi connectivity index (χ2n) is 5.97. The minimum absolute atomic E-state index is 0.0821. The van der Waals surface area contributed by atoms with Crippen LogP contribution in [0.4, 0.5) is 10.1 Å². The Morgan fingerprint density at radius 3 is 2.52 bits per heavy atom. The molecule has 0 aliphatic carbocycles. The standard InChI is InChI=1S/C19H19FN2O3/c1-25-17-8-2-13(3-9-17)10-18(23)21-15-11-19(24)22(12-15)16-6-4-14(20)5-7-16/h2-9,15H,10-12H2,1H3,(H,21,23)/t15-/m1/s1. The summed E-state index contributed by atoms with van der Waals surface area (Å²) in [4.78, 5) is 25.9. The molecular formula is C19H19FN2O3. The molecule has 3 rings (SSSR count). The first-order valence-corrected chi connectivity index (χ1v) is 8.03. The number of hydrogen-bond acceptors (Lipinski definition) is 3. The molecule has 2 aromatic rings. The van der Waals surface area contributed by atoms with E-state index in [1.165, 1.54) is 12.1 Å². The minimum Gasteiger partial charge on any atom is -0.497 e. The van der Waals surface area contributed by atoms with E-state index in [1.807, 2.05) is 12.1 Å². The van der Waals surface area contributed by atoms with Crippen LogP contribution in [0.3, 0.4) is 0 Å². The molecule has 0 aromatic heterocycles. The number of amides is 2. The van der Waals surface area contributed by atoms with Crippen LogP contribution in [-0.4, -0.2) is 31.5 Å². The Hall–Kier alpha value is -2.89. The van der Waals surface area contributed by atoms with E-state index in [2.05, 4.69) is 5.32 Å². The molecule has 0 unspecified atom stereocenters. The van der Waals surface area contributed by atoms with E-state index in [1.54, 1.807) is 36.3 Å². The Kier molecular flexibility index (Phi) is 4.97. The van der Waals surface area contributed by atoms with E-state index < -0.39 is 0 Å². The molecule has 5 nitrogen and oxygen atoms in total. The second kappa shape index (κ2) is 7.34. The van der Waals surface area contributed by atoms with Gasteiger partial charge in [-0.1, -0.05) is 12.1 Å². The summed E-state index contributed by atoms with van der Waals surface area (Å²) in [5, 5.41) is 2.89. The van der Waals surface area contributed by atoms with Gasteiger partial charge in [-0.05, 0) is 42.0 Å². The highest BCUT2D eigenvalue weighted by Crippen LogP contribution is 2.22. The van der Waals surface area contributed by atoms with Gasteiger partial charge in [0.2, 0.25) is 11.8 Å². The Balaban J connectivity index is 1.57. The first kappa shape index (κ1) is 17.0. The molecule has 1 N–H and O–H groups in total. The van der Waals surface area contributed by atoms with Crippen LogP contribution >= 0.6 is 0 Å². The Morgan fingerprint density at radius 2 is 1.88 bits per heavy atom. The van der Waals surface area contributed by atoms with E-state index in [4.69, 9.17) is 4.74 Å². The maximum atomic E-state index is 13.0. The van der Waals surface area contributed by atoms with E-state index in [0.717, 1.165) is 11.3 Å². The summed E-state index contributed by atoms with van der Waals surface area (Å²) in [6.45, 7) is 0.388. The summed E-state index contributed by atoms with van der Waals surface area (Å²) in [5.74, 6) is 0.172. The van der Waals surface area contributed by atoms with Crippen LogP contribution < -0.4 is 15.0 Å². The van der Waals surface area contributed by atoms with Gasteiger partial charge in [0.15, 0.2) is 0 Å². The van der Waals surface area contributed by atoms with Gasteiger partial charge in [0.1, 0.15) is 11.6 Å². The molecule has 6 heteroatoms. The smallest absolute Gasteiger partial charge is 0.229 e. The first-order valence-electron chi connectivity index (χ1n) is 8.03. The minimum atomic E-state index is -0.347. The molecule has 0 bridgehead atoms. The third kappa shape index (κ3) is 4.15. The van der Waals surface area contributed by atoms with Crippen molar-refractivity contribution >= 4 is 17.5 Å². The normalized spacial score (nSPS) is 16.8. The summed E-state index contributed by atoms with van der Waals surface area (Å²) in [6, 6.07) is 12.8. The zero-order valence-corrected chi connectivity index (χ0v) is 13.9. The van der Waals surface area contributed by atoms with E-state index in [0.29, 0.717) is 12.2 Å². The van der Waals surface area contributed by atoms with Gasteiger partial charge in [0, 0.05) is 18.7 Å². The molecule has 1 saturated heterocycles. The zero-order chi connectivity index (χ0) is 17.8. The van der Waals surface area contributed by atoms with Crippen LogP contribution in [0.25, 0.3) is 0 Å². The molecule has 0 radical (unpaired) electrons. The highest BCUT2D eigenvalue weighted by Gasteiger charge is 2.31. The van der Waals surface area contributed by atoms with Gasteiger partial charge in [-0.25, -0.2) is 4.39 Å². The van der Waals surface area contributed by atoms with Crippen LogP contribution in [0, 0.1) is 5.82 Å². The number of anilines is 1. The average molecular weight is 342 g/mol. The lowest BCUT2D eigenvalue weighted by atomic mass is 10.1. The third-order valence-corrected chi connectivity index (χ3v) is 4.15. The first-order chi connectivity index (χ1) is 12.0. The largest absolute Gasteiger partial charge is 0.497 e. The number of nitrogens with one attached hydrogen (secondary N) is 1. The predicted molar refractivity (Wildman–Crippen MR) is 92.0 cm³/mol. The molecule has 1 heterocycles. The maximum Gasteiger partial charge on any atom is 0.229 e. The molecule has 1 aliphatic heterocycles. The van der Waals surface area contributed by atoms with Crippen LogP contribution in [0.2, 0.25) is 0 Å². The van der Waals surface area contributed by atoms with Gasteiger partial charge in [-0.2, -0.15) is 0 Å². The van der Waals surface area contributed by atoms with Gasteiger partial charge in [0.25, 0.3) is 0 Å². The summed E-state index contributed by atoms with van der Waals surface area (Å²) in [6.07, 6.45) is 0.483. The van der Waals surface area contributed by atoms with Crippen LogP contribution in [0.15, 0.2) is 48.5 Å². The molecule has 0 spiro atoms. The monoisotopic (exact) mass is 342 g/mol. The van der Waals surface area contributed by atoms with Crippen molar-refractivity contribution in [2.75, 3.05) is 18.6 Å².